The van der Waals surface area contributed by atoms with Crippen LogP contribution in [0.5, 0.6) is 5.75 Å². The number of nitrogens with two attached hydrogens (primary N) is 2. The van der Waals surface area contributed by atoms with E-state index in [1.165, 1.54) is 0 Å². The van der Waals surface area contributed by atoms with Crippen molar-refractivity contribution >= 4 is 30.0 Å². The second-order valence-corrected chi connectivity index (χ2v) is 9.60. The van der Waals surface area contributed by atoms with Gasteiger partial charge in [-0.3, -0.25) is 10.1 Å². The highest BCUT2D eigenvalue weighted by Crippen LogP contribution is 2.31. The molecule has 1 amide bonds. The van der Waals surface area contributed by atoms with Crippen molar-refractivity contribution in [2.75, 3.05) is 46.4 Å². The van der Waals surface area contributed by atoms with E-state index in [0.717, 1.165) is 31.2 Å². The van der Waals surface area contributed by atoms with Gasteiger partial charge in [-0.25, -0.2) is 9.98 Å². The normalized spacial score (nSPS) is 14.3. The molecule has 0 radical (unpaired) electrons. The first-order chi connectivity index (χ1) is 20.5. The lowest BCUT2D eigenvalue weighted by atomic mass is 10.1. The van der Waals surface area contributed by atoms with E-state index in [1.54, 1.807) is 30.0 Å². The molecule has 244 valence electrons. The highest BCUT2D eigenvalue weighted by molar-refractivity contribution is 5.99. The summed E-state index contributed by atoms with van der Waals surface area (Å²) in [5, 5.41) is 19.5. The van der Waals surface area contributed by atoms with Gasteiger partial charge < -0.3 is 36.5 Å². The minimum absolute atomic E-state index is 0.103. The number of amides is 1. The van der Waals surface area contributed by atoms with Gasteiger partial charge in [0.05, 0.1) is 24.6 Å². The molecular formula is C32H58N8O3. The molecular weight excluding hydrogens is 544 g/mol. The first-order valence-electron chi connectivity index (χ1n) is 14.7. The zero-order chi connectivity index (χ0) is 34.0. The van der Waals surface area contributed by atoms with Crippen LogP contribution in [-0.2, 0) is 4.74 Å². The van der Waals surface area contributed by atoms with Crippen molar-refractivity contribution in [3.8, 4) is 18.6 Å². The Morgan fingerprint density at radius 1 is 1.16 bits per heavy atom. The fourth-order valence-corrected chi connectivity index (χ4v) is 3.39. The monoisotopic (exact) mass is 602 g/mol. The molecule has 43 heavy (non-hydrogen) atoms. The van der Waals surface area contributed by atoms with Gasteiger partial charge in [0, 0.05) is 26.2 Å². The Bertz CT molecular complexity index is 991. The summed E-state index contributed by atoms with van der Waals surface area (Å²) in [5.41, 5.74) is 12.4. The Labute approximate surface area is 261 Å². The van der Waals surface area contributed by atoms with Crippen LogP contribution in [0.15, 0.2) is 40.0 Å². The molecule has 0 aliphatic carbocycles. The lowest BCUT2D eigenvalue weighted by Crippen LogP contribution is -2.47. The first-order valence-corrected chi connectivity index (χ1v) is 14.7. The maximum Gasteiger partial charge on any atom is 0.257 e. The fraction of sp³-hybridized carbons (Fsp3) is 0.562. The number of ether oxygens (including phenoxy) is 1. The summed E-state index contributed by atoms with van der Waals surface area (Å²) in [5.74, 6) is 1.59. The molecule has 1 aromatic rings. The molecule has 7 N–H and O–H groups in total. The maximum atomic E-state index is 12.9. The number of para-hydroxylation sites is 1. The van der Waals surface area contributed by atoms with Crippen LogP contribution in [0, 0.1) is 24.2 Å². The summed E-state index contributed by atoms with van der Waals surface area (Å²) < 4.78 is 5.61. The number of aromatic hydroxyl groups is 1. The van der Waals surface area contributed by atoms with E-state index in [2.05, 4.69) is 60.5 Å². The maximum absolute atomic E-state index is 12.9. The van der Waals surface area contributed by atoms with Gasteiger partial charge in [-0.2, -0.15) is 0 Å². The third kappa shape index (κ3) is 19.0. The molecule has 1 unspecified atom stereocenters. The number of terminal acetylenes is 1. The van der Waals surface area contributed by atoms with Crippen molar-refractivity contribution in [2.24, 2.45) is 27.4 Å². The zero-order valence-corrected chi connectivity index (χ0v) is 28.0. The van der Waals surface area contributed by atoms with E-state index in [1.807, 2.05) is 40.8 Å². The summed E-state index contributed by atoms with van der Waals surface area (Å²) in [7, 11) is 2.02. The molecule has 0 saturated carbocycles. The highest BCUT2D eigenvalue weighted by Gasteiger charge is 2.24. The van der Waals surface area contributed by atoms with Crippen LogP contribution in [0.3, 0.4) is 0 Å². The van der Waals surface area contributed by atoms with Crippen LogP contribution in [-0.4, -0.2) is 91.7 Å². The molecule has 1 saturated heterocycles. The van der Waals surface area contributed by atoms with Crippen LogP contribution in [0.25, 0.3) is 0 Å². The van der Waals surface area contributed by atoms with Crippen molar-refractivity contribution in [1.82, 2.24) is 15.1 Å². The van der Waals surface area contributed by atoms with E-state index in [-0.39, 0.29) is 28.7 Å². The van der Waals surface area contributed by atoms with Gasteiger partial charge in [-0.1, -0.05) is 47.6 Å². The zero-order valence-electron chi connectivity index (χ0n) is 28.0. The summed E-state index contributed by atoms with van der Waals surface area (Å²) >= 11 is 0. The second-order valence-electron chi connectivity index (χ2n) is 9.60. The second kappa shape index (κ2) is 27.0. The highest BCUT2D eigenvalue weighted by atomic mass is 16.5. The SMILES string of the molecule is C#C.C=N.CC.CC(C)C.CC/C=C(/CNC(/N=C(\C)N)C(N)=Nc1cccc(C(=O)N2CCN(C)CC2)c1O)OCC. The Kier molecular flexibility index (Phi) is 27.3. The fourth-order valence-electron chi connectivity index (χ4n) is 3.39. The molecule has 1 aromatic carbocycles. The molecule has 0 bridgehead atoms. The minimum Gasteiger partial charge on any atom is -0.505 e. The number of nitrogens with one attached hydrogen (secondary N) is 2. The predicted octanol–water partition coefficient (Wildman–Crippen LogP) is 4.60. The van der Waals surface area contributed by atoms with Crippen LogP contribution < -0.4 is 16.8 Å². The predicted molar refractivity (Wildman–Crippen MR) is 183 cm³/mol. The molecule has 11 heteroatoms. The molecule has 1 atom stereocenters. The van der Waals surface area contributed by atoms with Gasteiger partial charge in [-0.05, 0) is 58.2 Å². The number of amidine groups is 2. The largest absolute Gasteiger partial charge is 0.505 e. The summed E-state index contributed by atoms with van der Waals surface area (Å²) in [4.78, 5) is 25.5. The van der Waals surface area contributed by atoms with Gasteiger partial charge in [0.1, 0.15) is 17.3 Å². The molecule has 1 aliphatic heterocycles. The number of carbonyl (C=O) groups is 1. The van der Waals surface area contributed by atoms with Crippen molar-refractivity contribution in [2.45, 2.75) is 68.0 Å². The van der Waals surface area contributed by atoms with E-state index < -0.39 is 6.17 Å². The van der Waals surface area contributed by atoms with E-state index >= 15 is 0 Å². The first kappa shape index (κ1) is 43.6. The Balaban J connectivity index is -0.00000142. The molecule has 2 rings (SSSR count). The molecule has 1 aliphatic rings. The number of likely N-dealkylation sites (N-methyl/N-ethyl adjacent to an activating group) is 1. The van der Waals surface area contributed by atoms with Crippen molar-refractivity contribution in [3.63, 3.8) is 0 Å². The van der Waals surface area contributed by atoms with Crippen LogP contribution >= 0.6 is 0 Å². The number of aliphatic imine (C=N–C) groups is 2. The number of allylic oxidation sites excluding steroid dienone is 1. The third-order valence-electron chi connectivity index (χ3n) is 5.13. The Hall–Kier alpha value is -3.88. The van der Waals surface area contributed by atoms with Crippen molar-refractivity contribution in [1.29, 1.82) is 5.41 Å². The molecule has 1 fully saturated rings. The lowest BCUT2D eigenvalue weighted by molar-refractivity contribution is 0.0661. The number of piperazine rings is 1. The molecule has 0 spiro atoms. The number of rotatable bonds is 10. The number of phenolic OH excluding ortho intramolecular Hbond substituents is 1. The Morgan fingerprint density at radius 2 is 1.70 bits per heavy atom. The number of benzene rings is 1. The van der Waals surface area contributed by atoms with E-state index in [4.69, 9.17) is 21.6 Å². The minimum atomic E-state index is -0.730. The topological polar surface area (TPSA) is 166 Å². The lowest BCUT2D eigenvalue weighted by Gasteiger charge is -2.32. The van der Waals surface area contributed by atoms with Crippen LogP contribution in [0.1, 0.15) is 72.2 Å². The molecule has 11 nitrogen and oxygen atoms in total. The number of carbonyl (C=O) groups excluding carboxylic acids is 1. The van der Waals surface area contributed by atoms with E-state index in [0.29, 0.717) is 32.1 Å². The van der Waals surface area contributed by atoms with Gasteiger partial charge in [-0.15, -0.1) is 12.8 Å². The summed E-state index contributed by atoms with van der Waals surface area (Å²) in [6.45, 7) is 22.3. The summed E-state index contributed by atoms with van der Waals surface area (Å²) in [6.07, 6.45) is 10.1. The summed E-state index contributed by atoms with van der Waals surface area (Å²) in [6, 6.07) is 4.86. The molecule has 0 aromatic heterocycles. The smallest absolute Gasteiger partial charge is 0.257 e. The van der Waals surface area contributed by atoms with Crippen molar-refractivity contribution in [3.05, 3.63) is 35.6 Å². The van der Waals surface area contributed by atoms with Crippen molar-refractivity contribution < 1.29 is 14.6 Å². The number of hydrogen-bond acceptors (Lipinski definition) is 8. The van der Waals surface area contributed by atoms with Crippen LogP contribution in [0.2, 0.25) is 0 Å². The molecule has 1 heterocycles. The quantitative estimate of drug-likeness (QED) is 0.113. The van der Waals surface area contributed by atoms with Gasteiger partial charge in [0.25, 0.3) is 5.91 Å². The van der Waals surface area contributed by atoms with Gasteiger partial charge in [0.2, 0.25) is 0 Å². The van der Waals surface area contributed by atoms with Gasteiger partial charge in [0.15, 0.2) is 11.9 Å². The standard InChI is InChI=1S/C23H37N7O3.C4H10.C2H6.C2H2.CH3N/c1-5-8-17(33-6-2)15-26-22(27-16(3)24)21(25)28-19-10-7-9-18(20(19)31)23(32)30-13-11-29(4)12-14-30;1-4(2)3;3*1-2/h7-10,22,26,31H,5-6,11-15H2,1-4H3,(H2,24,27)(H2,25,28);4H,1-3H3;1-2H3;1-2H;2H,1H2/b17-8-;;;;. The average molecular weight is 603 g/mol. The van der Waals surface area contributed by atoms with E-state index in [9.17, 15) is 9.90 Å². The van der Waals surface area contributed by atoms with Crippen LogP contribution in [0.4, 0.5) is 5.69 Å². The number of hydrogen-bond donors (Lipinski definition) is 5. The Morgan fingerprint density at radius 3 is 2.16 bits per heavy atom. The van der Waals surface area contributed by atoms with Gasteiger partial charge >= 0.3 is 0 Å². The number of nitrogens with zero attached hydrogens (tertiary/aromatic N) is 4. The average Bonchev–Trinajstić information content (AvgIpc) is 2.99. The third-order valence-corrected chi connectivity index (χ3v) is 5.13. The number of phenols is 1.